The third-order valence-corrected chi connectivity index (χ3v) is 3.49. The summed E-state index contributed by atoms with van der Waals surface area (Å²) in [4.78, 5) is 16.3. The molecule has 0 radical (unpaired) electrons. The molecule has 1 amide bonds. The third kappa shape index (κ3) is 3.25. The van der Waals surface area contributed by atoms with Crippen LogP contribution < -0.4 is 4.90 Å². The first-order valence-corrected chi connectivity index (χ1v) is 6.94. The van der Waals surface area contributed by atoms with Gasteiger partial charge in [-0.1, -0.05) is 25.4 Å². The minimum absolute atomic E-state index is 0.0711. The lowest BCUT2D eigenvalue weighted by Gasteiger charge is -2.22. The SMILES string of the molecule is CC.CC1=C(Cl)C(=O)N(c2cc(C(F)(F)F)c(C)cn2)C1O. The van der Waals surface area contributed by atoms with E-state index in [1.54, 1.807) is 0 Å². The topological polar surface area (TPSA) is 53.4 Å². The van der Waals surface area contributed by atoms with Crippen molar-refractivity contribution in [2.45, 2.75) is 40.1 Å². The van der Waals surface area contributed by atoms with E-state index in [9.17, 15) is 23.1 Å². The summed E-state index contributed by atoms with van der Waals surface area (Å²) < 4.78 is 38.5. The average Bonchev–Trinajstić information content (AvgIpc) is 2.65. The van der Waals surface area contributed by atoms with Gasteiger partial charge >= 0.3 is 6.18 Å². The van der Waals surface area contributed by atoms with E-state index in [1.165, 1.54) is 13.8 Å². The fourth-order valence-electron chi connectivity index (χ4n) is 1.87. The molecule has 122 valence electrons. The molecule has 22 heavy (non-hydrogen) atoms. The highest BCUT2D eigenvalue weighted by molar-refractivity contribution is 6.45. The van der Waals surface area contributed by atoms with E-state index in [0.717, 1.165) is 17.2 Å². The van der Waals surface area contributed by atoms with E-state index in [0.29, 0.717) is 0 Å². The quantitative estimate of drug-likeness (QED) is 0.852. The molecule has 0 saturated heterocycles. The van der Waals surface area contributed by atoms with Gasteiger partial charge < -0.3 is 5.11 Å². The highest BCUT2D eigenvalue weighted by Gasteiger charge is 2.39. The van der Waals surface area contributed by atoms with Crippen LogP contribution in [0.5, 0.6) is 0 Å². The molecule has 4 nitrogen and oxygen atoms in total. The van der Waals surface area contributed by atoms with E-state index in [1.807, 2.05) is 13.8 Å². The molecule has 1 aromatic rings. The van der Waals surface area contributed by atoms with E-state index < -0.39 is 23.9 Å². The number of aryl methyl sites for hydroxylation is 1. The van der Waals surface area contributed by atoms with Crippen LogP contribution in [-0.4, -0.2) is 22.2 Å². The zero-order chi connectivity index (χ0) is 17.2. The van der Waals surface area contributed by atoms with Gasteiger partial charge in [-0.25, -0.2) is 4.98 Å². The zero-order valence-electron chi connectivity index (χ0n) is 12.5. The third-order valence-electron chi connectivity index (χ3n) is 3.03. The second-order valence-electron chi connectivity index (χ2n) is 4.40. The summed E-state index contributed by atoms with van der Waals surface area (Å²) in [6.45, 7) is 6.68. The number of aliphatic hydroxyl groups excluding tert-OH is 1. The van der Waals surface area contributed by atoms with Crippen LogP contribution >= 0.6 is 11.6 Å². The van der Waals surface area contributed by atoms with Crippen molar-refractivity contribution in [2.75, 3.05) is 4.90 Å². The molecule has 2 rings (SSSR count). The first-order chi connectivity index (χ1) is 10.1. The van der Waals surface area contributed by atoms with E-state index in [2.05, 4.69) is 4.98 Å². The zero-order valence-corrected chi connectivity index (χ0v) is 13.2. The number of pyridine rings is 1. The number of rotatable bonds is 1. The Morgan fingerprint density at radius 1 is 1.32 bits per heavy atom. The van der Waals surface area contributed by atoms with Crippen molar-refractivity contribution in [3.8, 4) is 0 Å². The Morgan fingerprint density at radius 3 is 2.27 bits per heavy atom. The van der Waals surface area contributed by atoms with Crippen LogP contribution in [0.25, 0.3) is 0 Å². The standard InChI is InChI=1S/C12H10ClF3N2O2.C2H6/c1-5-4-17-8(3-7(5)12(14,15)16)18-10(19)6(2)9(13)11(18)20;1-2/h3-4,10,19H,1-2H3;1-2H3. The van der Waals surface area contributed by atoms with E-state index in [-0.39, 0.29) is 22.0 Å². The maximum absolute atomic E-state index is 12.8. The van der Waals surface area contributed by atoms with Crippen LogP contribution in [-0.2, 0) is 11.0 Å². The Hall–Kier alpha value is -1.60. The molecule has 0 bridgehead atoms. The van der Waals surface area contributed by atoms with Crippen molar-refractivity contribution in [1.29, 1.82) is 0 Å². The number of hydrogen-bond acceptors (Lipinski definition) is 3. The number of anilines is 1. The van der Waals surface area contributed by atoms with Crippen molar-refractivity contribution in [2.24, 2.45) is 0 Å². The molecule has 0 spiro atoms. The molecule has 0 fully saturated rings. The van der Waals surface area contributed by atoms with Gasteiger partial charge in [0.15, 0.2) is 6.23 Å². The fourth-order valence-corrected chi connectivity index (χ4v) is 2.06. The maximum Gasteiger partial charge on any atom is 0.416 e. The lowest BCUT2D eigenvalue weighted by molar-refractivity contribution is -0.138. The monoisotopic (exact) mass is 336 g/mol. The molecular formula is C14H16ClF3N2O2. The largest absolute Gasteiger partial charge is 0.416 e. The molecule has 8 heteroatoms. The minimum Gasteiger partial charge on any atom is -0.369 e. The van der Waals surface area contributed by atoms with Crippen LogP contribution in [0.15, 0.2) is 22.9 Å². The van der Waals surface area contributed by atoms with Gasteiger partial charge in [0.25, 0.3) is 5.91 Å². The van der Waals surface area contributed by atoms with Crippen LogP contribution in [0.2, 0.25) is 0 Å². The summed E-state index contributed by atoms with van der Waals surface area (Å²) >= 11 is 5.69. The molecule has 1 aromatic heterocycles. The molecule has 0 saturated carbocycles. The number of aromatic nitrogens is 1. The highest BCUT2D eigenvalue weighted by atomic mass is 35.5. The van der Waals surface area contributed by atoms with Crippen molar-refractivity contribution < 1.29 is 23.1 Å². The molecule has 1 N–H and O–H groups in total. The van der Waals surface area contributed by atoms with Crippen molar-refractivity contribution in [1.82, 2.24) is 4.98 Å². The van der Waals surface area contributed by atoms with Gasteiger partial charge in [0.2, 0.25) is 0 Å². The molecule has 0 aromatic carbocycles. The van der Waals surface area contributed by atoms with Crippen molar-refractivity contribution >= 4 is 23.3 Å². The smallest absolute Gasteiger partial charge is 0.369 e. The van der Waals surface area contributed by atoms with Gasteiger partial charge in [-0.3, -0.25) is 9.69 Å². The molecule has 1 aliphatic rings. The van der Waals surface area contributed by atoms with Crippen LogP contribution in [0, 0.1) is 6.92 Å². The lowest BCUT2D eigenvalue weighted by Crippen LogP contribution is -2.36. The van der Waals surface area contributed by atoms with Gasteiger partial charge in [-0.05, 0) is 25.5 Å². The fraction of sp³-hybridized carbons (Fsp3) is 0.429. The van der Waals surface area contributed by atoms with E-state index >= 15 is 0 Å². The Bertz CT molecular complexity index is 615. The number of halogens is 4. The van der Waals surface area contributed by atoms with Gasteiger partial charge in [-0.15, -0.1) is 0 Å². The Kier molecular flexibility index (Phi) is 5.59. The predicted molar refractivity (Wildman–Crippen MR) is 77.4 cm³/mol. The Balaban J connectivity index is 0.00000116. The average molecular weight is 337 g/mol. The van der Waals surface area contributed by atoms with Crippen LogP contribution in [0.1, 0.15) is 31.9 Å². The maximum atomic E-state index is 12.8. The molecule has 0 aliphatic carbocycles. The number of carbonyl (C=O) groups excluding carboxylic acids is 1. The molecular weight excluding hydrogens is 321 g/mol. The first kappa shape index (κ1) is 18.4. The summed E-state index contributed by atoms with van der Waals surface area (Å²) in [6, 6.07) is 0.721. The van der Waals surface area contributed by atoms with Crippen LogP contribution in [0.3, 0.4) is 0 Å². The number of carbonyl (C=O) groups is 1. The van der Waals surface area contributed by atoms with Crippen molar-refractivity contribution in [3.05, 3.63) is 34.0 Å². The second-order valence-corrected chi connectivity index (χ2v) is 4.78. The number of hydrogen-bond donors (Lipinski definition) is 1. The molecule has 2 heterocycles. The lowest BCUT2D eigenvalue weighted by atomic mass is 10.1. The minimum atomic E-state index is -4.57. The molecule has 1 aliphatic heterocycles. The van der Waals surface area contributed by atoms with Crippen molar-refractivity contribution in [3.63, 3.8) is 0 Å². The predicted octanol–water partition coefficient (Wildman–Crippen LogP) is 3.61. The number of amides is 1. The molecule has 1 unspecified atom stereocenters. The first-order valence-electron chi connectivity index (χ1n) is 6.56. The Morgan fingerprint density at radius 2 is 1.86 bits per heavy atom. The summed E-state index contributed by atoms with van der Waals surface area (Å²) in [5, 5.41) is 9.64. The van der Waals surface area contributed by atoms with Gasteiger partial charge in [-0.2, -0.15) is 13.2 Å². The summed E-state index contributed by atoms with van der Waals surface area (Å²) in [5.41, 5.74) is -0.811. The number of alkyl halides is 3. The number of nitrogens with zero attached hydrogens (tertiary/aromatic N) is 2. The number of aliphatic hydroxyl groups is 1. The Labute approximate surface area is 131 Å². The van der Waals surface area contributed by atoms with E-state index in [4.69, 9.17) is 11.6 Å². The summed E-state index contributed by atoms with van der Waals surface area (Å²) in [7, 11) is 0. The highest BCUT2D eigenvalue weighted by Crippen LogP contribution is 2.36. The molecule has 1 atom stereocenters. The summed E-state index contributed by atoms with van der Waals surface area (Å²) in [6.07, 6.45) is -4.98. The van der Waals surface area contributed by atoms with Gasteiger partial charge in [0.1, 0.15) is 10.9 Å². The van der Waals surface area contributed by atoms with Gasteiger partial charge in [0, 0.05) is 11.8 Å². The normalized spacial score (nSPS) is 18.5. The summed E-state index contributed by atoms with van der Waals surface area (Å²) in [5.74, 6) is -1.07. The second kappa shape index (κ2) is 6.66. The van der Waals surface area contributed by atoms with Crippen LogP contribution in [0.4, 0.5) is 19.0 Å². The van der Waals surface area contributed by atoms with Gasteiger partial charge in [0.05, 0.1) is 5.56 Å².